The van der Waals surface area contributed by atoms with Crippen LogP contribution in [0.5, 0.6) is 0 Å². The normalized spacial score (nSPS) is 17.9. The number of hydrogen-bond donors (Lipinski definition) is 0. The van der Waals surface area contributed by atoms with Crippen LogP contribution in [0.2, 0.25) is 0 Å². The van der Waals surface area contributed by atoms with Crippen LogP contribution in [0.25, 0.3) is 0 Å². The van der Waals surface area contributed by atoms with Crippen molar-refractivity contribution in [2.45, 2.75) is 33.9 Å². The highest BCUT2D eigenvalue weighted by Gasteiger charge is 2.26. The first-order valence-electron chi connectivity index (χ1n) is 5.69. The Morgan fingerprint density at radius 1 is 1.12 bits per heavy atom. The Kier molecular flexibility index (Phi) is 15.6. The second-order valence-corrected chi connectivity index (χ2v) is 4.46. The Hall–Kier alpha value is 0.290. The van der Waals surface area contributed by atoms with Crippen molar-refractivity contribution in [3.63, 3.8) is 0 Å². The summed E-state index contributed by atoms with van der Waals surface area (Å²) >= 11 is 3.68. The van der Waals surface area contributed by atoms with Crippen LogP contribution < -0.4 is 0 Å². The number of aliphatic imine (C=N–C) groups is 1. The summed E-state index contributed by atoms with van der Waals surface area (Å²) in [6.07, 6.45) is 6.63. The van der Waals surface area contributed by atoms with E-state index in [2.05, 4.69) is 33.0 Å². The molecule has 0 aromatic heterocycles. The van der Waals surface area contributed by atoms with Crippen LogP contribution >= 0.6 is 23.9 Å². The monoisotopic (exact) mass is 265 g/mol. The minimum atomic E-state index is 0.602. The standard InChI is InChI=1S/C6H14N2S2.C3H7N.C2H6/c1-6-7(9-2)4-5-8(6)10-3;1-3-4-2;1-2/h6H,4-5H2,1-3H3;3H,1-2H3;1-2H3. The topological polar surface area (TPSA) is 18.8 Å². The maximum atomic E-state index is 3.61. The second kappa shape index (κ2) is 13.4. The molecular weight excluding hydrogens is 238 g/mol. The highest BCUT2D eigenvalue weighted by Crippen LogP contribution is 2.24. The molecule has 1 aliphatic rings. The van der Waals surface area contributed by atoms with E-state index in [0.29, 0.717) is 6.17 Å². The number of hydrogen-bond acceptors (Lipinski definition) is 5. The predicted octanol–water partition coefficient (Wildman–Crippen LogP) is 3.24. The van der Waals surface area contributed by atoms with Crippen molar-refractivity contribution in [3.8, 4) is 0 Å². The maximum absolute atomic E-state index is 3.61. The summed E-state index contributed by atoms with van der Waals surface area (Å²) < 4.78 is 4.80. The zero-order chi connectivity index (χ0) is 13.0. The summed E-state index contributed by atoms with van der Waals surface area (Å²) in [5.74, 6) is 0. The van der Waals surface area contributed by atoms with E-state index in [4.69, 9.17) is 0 Å². The van der Waals surface area contributed by atoms with E-state index < -0.39 is 0 Å². The van der Waals surface area contributed by atoms with Gasteiger partial charge in [-0.3, -0.25) is 0 Å². The summed E-state index contributed by atoms with van der Waals surface area (Å²) in [7, 11) is 1.75. The van der Waals surface area contributed by atoms with E-state index in [1.54, 1.807) is 13.3 Å². The van der Waals surface area contributed by atoms with Gasteiger partial charge in [0.1, 0.15) is 0 Å². The highest BCUT2D eigenvalue weighted by atomic mass is 32.2. The Morgan fingerprint density at radius 2 is 1.44 bits per heavy atom. The third-order valence-corrected chi connectivity index (χ3v) is 4.01. The lowest BCUT2D eigenvalue weighted by Crippen LogP contribution is -2.27. The third-order valence-electron chi connectivity index (χ3n) is 2.10. The Balaban J connectivity index is 0. The van der Waals surface area contributed by atoms with Gasteiger partial charge in [0.05, 0.1) is 6.17 Å². The van der Waals surface area contributed by atoms with Gasteiger partial charge in [-0.1, -0.05) is 37.7 Å². The van der Waals surface area contributed by atoms with Gasteiger partial charge in [-0.25, -0.2) is 8.61 Å². The fourth-order valence-corrected chi connectivity index (χ4v) is 2.63. The molecule has 0 unspecified atom stereocenters. The first-order chi connectivity index (χ1) is 7.71. The minimum absolute atomic E-state index is 0.602. The average Bonchev–Trinajstić information content (AvgIpc) is 2.72. The van der Waals surface area contributed by atoms with Crippen molar-refractivity contribution in [1.82, 2.24) is 8.61 Å². The Labute approximate surface area is 110 Å². The molecule has 0 aromatic rings. The molecule has 98 valence electrons. The summed E-state index contributed by atoms with van der Waals surface area (Å²) in [4.78, 5) is 3.61. The quantitative estimate of drug-likeness (QED) is 0.563. The highest BCUT2D eigenvalue weighted by molar-refractivity contribution is 7.97. The van der Waals surface area contributed by atoms with E-state index in [9.17, 15) is 0 Å². The van der Waals surface area contributed by atoms with Crippen LogP contribution in [-0.2, 0) is 0 Å². The van der Waals surface area contributed by atoms with Gasteiger partial charge in [0.25, 0.3) is 0 Å². The van der Waals surface area contributed by atoms with E-state index in [1.807, 2.05) is 44.7 Å². The van der Waals surface area contributed by atoms with Crippen molar-refractivity contribution in [3.05, 3.63) is 0 Å². The molecular formula is C11H27N3S2. The summed E-state index contributed by atoms with van der Waals surface area (Å²) in [6.45, 7) is 10.5. The lowest BCUT2D eigenvalue weighted by molar-refractivity contribution is 0.354. The molecule has 0 atom stereocenters. The molecule has 0 aromatic carbocycles. The summed E-state index contributed by atoms with van der Waals surface area (Å²) in [6, 6.07) is 0. The lowest BCUT2D eigenvalue weighted by atomic mass is 10.6. The Bertz CT molecular complexity index is 149. The molecule has 0 saturated carbocycles. The molecule has 0 radical (unpaired) electrons. The molecule has 0 aliphatic carbocycles. The molecule has 0 amide bonds. The average molecular weight is 265 g/mol. The minimum Gasteiger partial charge on any atom is -0.301 e. The molecule has 16 heavy (non-hydrogen) atoms. The first-order valence-corrected chi connectivity index (χ1v) is 8.05. The van der Waals surface area contributed by atoms with Crippen LogP contribution in [-0.4, -0.2) is 53.6 Å². The van der Waals surface area contributed by atoms with Gasteiger partial charge in [-0.2, -0.15) is 0 Å². The van der Waals surface area contributed by atoms with Crippen molar-refractivity contribution in [2.75, 3.05) is 32.6 Å². The van der Waals surface area contributed by atoms with E-state index >= 15 is 0 Å². The Morgan fingerprint density at radius 3 is 1.56 bits per heavy atom. The van der Waals surface area contributed by atoms with Gasteiger partial charge in [0, 0.05) is 20.1 Å². The molecule has 1 heterocycles. The molecule has 0 bridgehead atoms. The molecule has 1 fully saturated rings. The molecule has 5 heteroatoms. The summed E-state index contributed by atoms with van der Waals surface area (Å²) in [5, 5.41) is 0. The maximum Gasteiger partial charge on any atom is 0.0789 e. The SMILES string of the molecule is CC.CC=NC.CSN1CCN(SC)C1C. The van der Waals surface area contributed by atoms with Gasteiger partial charge in [-0.05, 0) is 32.6 Å². The van der Waals surface area contributed by atoms with Gasteiger partial charge in [-0.15, -0.1) is 0 Å². The molecule has 3 nitrogen and oxygen atoms in total. The van der Waals surface area contributed by atoms with Gasteiger partial charge in [0.15, 0.2) is 0 Å². The summed E-state index contributed by atoms with van der Waals surface area (Å²) in [5.41, 5.74) is 0. The second-order valence-electron chi connectivity index (χ2n) is 2.79. The molecule has 0 spiro atoms. The fraction of sp³-hybridized carbons (Fsp3) is 0.909. The van der Waals surface area contributed by atoms with E-state index in [0.717, 1.165) is 0 Å². The zero-order valence-electron chi connectivity index (χ0n) is 11.7. The van der Waals surface area contributed by atoms with E-state index in [-0.39, 0.29) is 0 Å². The lowest BCUT2D eigenvalue weighted by Gasteiger charge is -2.22. The van der Waals surface area contributed by atoms with Crippen molar-refractivity contribution < 1.29 is 0 Å². The largest absolute Gasteiger partial charge is 0.301 e. The van der Waals surface area contributed by atoms with E-state index in [1.165, 1.54) is 13.1 Å². The van der Waals surface area contributed by atoms with Crippen LogP contribution in [0.4, 0.5) is 0 Å². The van der Waals surface area contributed by atoms with Crippen LogP contribution in [0, 0.1) is 0 Å². The molecule has 1 aliphatic heterocycles. The number of rotatable bonds is 2. The first kappa shape index (κ1) is 18.6. The van der Waals surface area contributed by atoms with Crippen molar-refractivity contribution in [2.24, 2.45) is 4.99 Å². The van der Waals surface area contributed by atoms with Gasteiger partial charge >= 0.3 is 0 Å². The van der Waals surface area contributed by atoms with Crippen molar-refractivity contribution >= 4 is 30.1 Å². The van der Waals surface area contributed by atoms with Crippen LogP contribution in [0.15, 0.2) is 4.99 Å². The zero-order valence-corrected chi connectivity index (χ0v) is 13.4. The third kappa shape index (κ3) is 7.54. The molecule has 0 N–H and O–H groups in total. The van der Waals surface area contributed by atoms with Gasteiger partial charge in [0.2, 0.25) is 0 Å². The predicted molar refractivity (Wildman–Crippen MR) is 81.3 cm³/mol. The molecule has 1 saturated heterocycles. The number of nitrogens with zero attached hydrogens (tertiary/aromatic N) is 3. The van der Waals surface area contributed by atoms with Crippen LogP contribution in [0.1, 0.15) is 27.7 Å². The smallest absolute Gasteiger partial charge is 0.0789 e. The fourth-order valence-electron chi connectivity index (χ4n) is 1.20. The van der Waals surface area contributed by atoms with Crippen LogP contribution in [0.3, 0.4) is 0 Å². The van der Waals surface area contributed by atoms with Crippen molar-refractivity contribution in [1.29, 1.82) is 0 Å². The molecule has 1 rings (SSSR count). The van der Waals surface area contributed by atoms with Gasteiger partial charge < -0.3 is 4.99 Å².